The van der Waals surface area contributed by atoms with Crippen molar-refractivity contribution < 1.29 is 23.4 Å². The second-order valence-electron chi connectivity index (χ2n) is 10.5. The molecule has 0 saturated carbocycles. The van der Waals surface area contributed by atoms with Crippen molar-refractivity contribution in [3.05, 3.63) is 69.9 Å². The van der Waals surface area contributed by atoms with Crippen molar-refractivity contribution in [2.75, 3.05) is 25.4 Å². The second kappa shape index (κ2) is 12.5. The van der Waals surface area contributed by atoms with E-state index in [0.29, 0.717) is 48.7 Å². The molecule has 0 radical (unpaired) electrons. The number of ether oxygens (including phenoxy) is 3. The zero-order chi connectivity index (χ0) is 29.9. The number of benzene rings is 1. The highest BCUT2D eigenvalue weighted by atomic mass is 35.5. The molecule has 1 aliphatic heterocycles. The Kier molecular flexibility index (Phi) is 9.29. The number of amides is 1. The van der Waals surface area contributed by atoms with Gasteiger partial charge in [0.2, 0.25) is 0 Å². The molecule has 0 fully saturated rings. The summed E-state index contributed by atoms with van der Waals surface area (Å²) in [6, 6.07) is 6.23. The lowest BCUT2D eigenvalue weighted by Crippen LogP contribution is -2.39. The third-order valence-corrected chi connectivity index (χ3v) is 7.04. The van der Waals surface area contributed by atoms with Crippen LogP contribution in [0.1, 0.15) is 58.4 Å². The van der Waals surface area contributed by atoms with Crippen LogP contribution in [0, 0.1) is 5.82 Å². The van der Waals surface area contributed by atoms with E-state index in [-0.39, 0.29) is 27.7 Å². The lowest BCUT2D eigenvalue weighted by Gasteiger charge is -2.29. The Labute approximate surface area is 249 Å². The molecule has 8 nitrogen and oxygen atoms in total. The lowest BCUT2D eigenvalue weighted by molar-refractivity contribution is 0.0270. The molecule has 0 aliphatic carbocycles. The van der Waals surface area contributed by atoms with Gasteiger partial charge in [-0.3, -0.25) is 4.98 Å². The number of carbonyl (C=O) groups excluding carboxylic acids is 1. The van der Waals surface area contributed by atoms with Crippen molar-refractivity contribution in [3.63, 3.8) is 0 Å². The topological polar surface area (TPSA) is 99.8 Å². The van der Waals surface area contributed by atoms with Crippen LogP contribution >= 0.6 is 23.2 Å². The molecule has 11 heteroatoms. The fourth-order valence-corrected chi connectivity index (χ4v) is 5.04. The summed E-state index contributed by atoms with van der Waals surface area (Å²) >= 11 is 12.4. The molecule has 1 amide bonds. The molecule has 0 bridgehead atoms. The minimum Gasteiger partial charge on any atom is -0.492 e. The number of halogens is 3. The van der Waals surface area contributed by atoms with Crippen LogP contribution in [0.5, 0.6) is 11.5 Å². The third kappa shape index (κ3) is 7.21. The fourth-order valence-electron chi connectivity index (χ4n) is 4.36. The third-order valence-electron chi connectivity index (χ3n) is 6.32. The Balaban J connectivity index is 1.58. The van der Waals surface area contributed by atoms with Crippen LogP contribution in [0.15, 0.2) is 42.7 Å². The lowest BCUT2D eigenvalue weighted by atomic mass is 10.0. The van der Waals surface area contributed by atoms with Crippen LogP contribution < -0.4 is 15.2 Å². The van der Waals surface area contributed by atoms with E-state index in [1.807, 2.05) is 39.8 Å². The highest BCUT2D eigenvalue weighted by Crippen LogP contribution is 2.38. The average Bonchev–Trinajstić information content (AvgIpc) is 2.91. The molecular weight excluding hydrogens is 570 g/mol. The quantitative estimate of drug-likeness (QED) is 0.276. The first-order valence-corrected chi connectivity index (χ1v) is 14.0. The number of hydrogen-bond donors (Lipinski definition) is 1. The predicted octanol–water partition coefficient (Wildman–Crippen LogP) is 7.73. The average molecular weight is 604 g/mol. The van der Waals surface area contributed by atoms with Crippen molar-refractivity contribution in [1.29, 1.82) is 0 Å². The van der Waals surface area contributed by atoms with Gasteiger partial charge in [0, 0.05) is 47.2 Å². The molecule has 41 heavy (non-hydrogen) atoms. The number of nitrogens with two attached hydrogens (primary N) is 1. The normalized spacial score (nSPS) is 14.3. The minimum atomic E-state index is -0.706. The van der Waals surface area contributed by atoms with Crippen molar-refractivity contribution >= 4 is 40.7 Å². The molecule has 3 aromatic rings. The maximum Gasteiger partial charge on any atom is 0.410 e. The number of pyridine rings is 2. The van der Waals surface area contributed by atoms with E-state index < -0.39 is 17.5 Å². The van der Waals surface area contributed by atoms with Gasteiger partial charge in [-0.25, -0.2) is 14.2 Å². The molecule has 1 atom stereocenters. The zero-order valence-electron chi connectivity index (χ0n) is 23.6. The largest absolute Gasteiger partial charge is 0.492 e. The summed E-state index contributed by atoms with van der Waals surface area (Å²) in [4.78, 5) is 23.1. The van der Waals surface area contributed by atoms with Gasteiger partial charge < -0.3 is 24.8 Å². The molecule has 3 heterocycles. The first-order chi connectivity index (χ1) is 19.4. The van der Waals surface area contributed by atoms with Crippen molar-refractivity contribution in [2.24, 2.45) is 0 Å². The second-order valence-corrected chi connectivity index (χ2v) is 11.3. The van der Waals surface area contributed by atoms with E-state index in [1.165, 1.54) is 12.1 Å². The summed E-state index contributed by atoms with van der Waals surface area (Å²) in [7, 11) is 0. The van der Waals surface area contributed by atoms with Crippen LogP contribution in [-0.2, 0) is 4.74 Å². The Hall–Kier alpha value is -3.56. The Morgan fingerprint density at radius 3 is 2.46 bits per heavy atom. The van der Waals surface area contributed by atoms with Gasteiger partial charge in [0.15, 0.2) is 11.6 Å². The van der Waals surface area contributed by atoms with Gasteiger partial charge in [0.25, 0.3) is 0 Å². The summed E-state index contributed by atoms with van der Waals surface area (Å²) in [5, 5.41) is 0.166. The van der Waals surface area contributed by atoms with E-state index in [4.69, 9.17) is 48.1 Å². The van der Waals surface area contributed by atoms with E-state index in [2.05, 4.69) is 4.98 Å². The van der Waals surface area contributed by atoms with Gasteiger partial charge in [-0.2, -0.15) is 0 Å². The Morgan fingerprint density at radius 1 is 1.15 bits per heavy atom. The maximum absolute atomic E-state index is 14.1. The van der Waals surface area contributed by atoms with E-state index in [1.54, 1.807) is 30.3 Å². The van der Waals surface area contributed by atoms with Crippen molar-refractivity contribution in [2.45, 2.75) is 52.7 Å². The highest BCUT2D eigenvalue weighted by molar-refractivity contribution is 6.36. The molecule has 1 aromatic carbocycles. The van der Waals surface area contributed by atoms with Gasteiger partial charge in [0.1, 0.15) is 29.0 Å². The maximum atomic E-state index is 14.1. The number of nitrogens with zero attached hydrogens (tertiary/aromatic N) is 3. The summed E-state index contributed by atoms with van der Waals surface area (Å²) in [6.45, 7) is 10.5. The minimum absolute atomic E-state index is 0.111. The number of nitrogen functional groups attached to an aromatic ring is 1. The standard InChI is InChI=1S/C30H33Cl2FN4O4/c1-6-39-23-13-19(15-35-27(23)18-9-11-37(12-10-18)29(38)41-30(3,4)5)20-14-24(28(34)36-16-20)40-17(2)25-21(31)7-8-22(33)26(25)32/h7-9,13-17H,6,10-12H2,1-5H3,(H2,34,36)/t17-/m1/s1. The van der Waals surface area contributed by atoms with Gasteiger partial charge >= 0.3 is 6.09 Å². The number of rotatable bonds is 7. The molecule has 4 rings (SSSR count). The van der Waals surface area contributed by atoms with E-state index in [9.17, 15) is 9.18 Å². The van der Waals surface area contributed by atoms with Crippen LogP contribution in [0.25, 0.3) is 16.7 Å². The monoisotopic (exact) mass is 602 g/mol. The van der Waals surface area contributed by atoms with Crippen LogP contribution in [0.3, 0.4) is 0 Å². The van der Waals surface area contributed by atoms with Crippen LogP contribution in [0.2, 0.25) is 10.0 Å². The van der Waals surface area contributed by atoms with Crippen LogP contribution in [0.4, 0.5) is 15.0 Å². The van der Waals surface area contributed by atoms with E-state index >= 15 is 0 Å². The van der Waals surface area contributed by atoms with Gasteiger partial charge in [-0.05, 0) is 70.9 Å². The van der Waals surface area contributed by atoms with Gasteiger partial charge in [0.05, 0.1) is 11.6 Å². The molecular formula is C30H33Cl2FN4O4. The molecule has 1 aliphatic rings. The summed E-state index contributed by atoms with van der Waals surface area (Å²) in [5.41, 5.74) is 8.98. The Bertz CT molecular complexity index is 1480. The molecule has 2 aromatic heterocycles. The summed E-state index contributed by atoms with van der Waals surface area (Å²) in [5.74, 6) is 0.445. The zero-order valence-corrected chi connectivity index (χ0v) is 25.1. The smallest absolute Gasteiger partial charge is 0.410 e. The predicted molar refractivity (Wildman–Crippen MR) is 159 cm³/mol. The number of aromatic nitrogens is 2. The molecule has 0 unspecified atom stereocenters. The van der Waals surface area contributed by atoms with Crippen molar-refractivity contribution in [3.8, 4) is 22.6 Å². The first-order valence-electron chi connectivity index (χ1n) is 13.2. The van der Waals surface area contributed by atoms with E-state index in [0.717, 1.165) is 11.1 Å². The first kappa shape index (κ1) is 30.4. The van der Waals surface area contributed by atoms with Crippen LogP contribution in [-0.4, -0.2) is 46.3 Å². The fraction of sp³-hybridized carbons (Fsp3) is 0.367. The number of hydrogen-bond acceptors (Lipinski definition) is 7. The van der Waals surface area contributed by atoms with Crippen molar-refractivity contribution in [1.82, 2.24) is 14.9 Å². The highest BCUT2D eigenvalue weighted by Gasteiger charge is 2.25. The summed E-state index contributed by atoms with van der Waals surface area (Å²) < 4.78 is 31.6. The SMILES string of the molecule is CCOc1cc(-c2cnc(N)c(O[C@H](C)c3c(Cl)ccc(F)c3Cl)c2)cnc1C1=CCN(C(=O)OC(C)(C)C)CC1. The number of carbonyl (C=O) groups is 1. The Morgan fingerprint density at radius 2 is 1.83 bits per heavy atom. The van der Waals surface area contributed by atoms with Gasteiger partial charge in [-0.1, -0.05) is 29.3 Å². The number of anilines is 1. The van der Waals surface area contributed by atoms with Gasteiger partial charge in [-0.15, -0.1) is 0 Å². The molecule has 2 N–H and O–H groups in total. The molecule has 218 valence electrons. The molecule has 0 spiro atoms. The summed E-state index contributed by atoms with van der Waals surface area (Å²) in [6.07, 6.45) is 4.86. The molecule has 0 saturated heterocycles.